The Morgan fingerprint density at radius 3 is 2.94 bits per heavy atom. The fourth-order valence-corrected chi connectivity index (χ4v) is 2.21. The van der Waals surface area contributed by atoms with Gasteiger partial charge in [0.2, 0.25) is 0 Å². The Balaban J connectivity index is 2.26. The lowest BCUT2D eigenvalue weighted by Gasteiger charge is -2.11. The van der Waals surface area contributed by atoms with Crippen molar-refractivity contribution >= 4 is 10.8 Å². The summed E-state index contributed by atoms with van der Waals surface area (Å²) in [7, 11) is -0.703. The van der Waals surface area contributed by atoms with E-state index in [4.69, 9.17) is 0 Å². The van der Waals surface area contributed by atoms with Crippen LogP contribution >= 0.6 is 0 Å². The first kappa shape index (κ1) is 14.5. The fraction of sp³-hybridized carbons (Fsp3) is 0.692. The SMILES string of the molecule is CCCn1cccc1CNCCC(C)S(C)=O. The molecule has 1 aromatic heterocycles. The molecule has 1 aromatic rings. The van der Waals surface area contributed by atoms with Gasteiger partial charge in [0, 0.05) is 47.3 Å². The van der Waals surface area contributed by atoms with Crippen LogP contribution in [0.3, 0.4) is 0 Å². The van der Waals surface area contributed by atoms with Crippen molar-refractivity contribution in [1.82, 2.24) is 9.88 Å². The molecule has 0 aliphatic heterocycles. The molecule has 3 nitrogen and oxygen atoms in total. The molecule has 0 aliphatic rings. The van der Waals surface area contributed by atoms with Gasteiger partial charge < -0.3 is 9.88 Å². The predicted octanol–water partition coefficient (Wildman–Crippen LogP) is 2.14. The maximum absolute atomic E-state index is 11.2. The Hall–Kier alpha value is -0.610. The minimum absolute atomic E-state index is 0.282. The summed E-state index contributed by atoms with van der Waals surface area (Å²) < 4.78 is 13.5. The number of hydrogen-bond donors (Lipinski definition) is 1. The van der Waals surface area contributed by atoms with E-state index in [1.165, 1.54) is 5.69 Å². The standard InChI is InChI=1S/C13H24N2OS/c1-4-9-15-10-5-6-13(15)11-14-8-7-12(2)17(3)16/h5-6,10,12,14H,4,7-9,11H2,1-3H3. The van der Waals surface area contributed by atoms with E-state index >= 15 is 0 Å². The molecular weight excluding hydrogens is 232 g/mol. The molecule has 0 amide bonds. The zero-order chi connectivity index (χ0) is 12.7. The molecule has 98 valence electrons. The minimum Gasteiger partial charge on any atom is -0.350 e. The van der Waals surface area contributed by atoms with E-state index in [1.807, 2.05) is 6.92 Å². The highest BCUT2D eigenvalue weighted by atomic mass is 32.2. The monoisotopic (exact) mass is 256 g/mol. The molecule has 0 saturated heterocycles. The highest BCUT2D eigenvalue weighted by Crippen LogP contribution is 2.04. The van der Waals surface area contributed by atoms with Crippen LogP contribution in [0.5, 0.6) is 0 Å². The van der Waals surface area contributed by atoms with E-state index in [-0.39, 0.29) is 5.25 Å². The molecule has 0 aliphatic carbocycles. The summed E-state index contributed by atoms with van der Waals surface area (Å²) >= 11 is 0. The number of aromatic nitrogens is 1. The second kappa shape index (κ2) is 7.67. The number of hydrogen-bond acceptors (Lipinski definition) is 2. The smallest absolute Gasteiger partial charge is 0.0359 e. The summed E-state index contributed by atoms with van der Waals surface area (Å²) in [6.45, 7) is 7.14. The number of nitrogens with one attached hydrogen (secondary N) is 1. The van der Waals surface area contributed by atoms with Crippen molar-refractivity contribution < 1.29 is 4.21 Å². The van der Waals surface area contributed by atoms with Crippen LogP contribution in [0.2, 0.25) is 0 Å². The molecule has 0 aromatic carbocycles. The number of rotatable bonds is 8. The first-order valence-corrected chi connectivity index (χ1v) is 7.94. The Bertz CT molecular complexity index is 349. The molecule has 2 unspecified atom stereocenters. The second-order valence-corrected chi connectivity index (χ2v) is 6.27. The molecule has 17 heavy (non-hydrogen) atoms. The molecule has 1 rings (SSSR count). The maximum Gasteiger partial charge on any atom is 0.0359 e. The molecule has 0 spiro atoms. The normalized spacial score (nSPS) is 14.8. The lowest BCUT2D eigenvalue weighted by atomic mass is 10.3. The van der Waals surface area contributed by atoms with Gasteiger partial charge in [-0.2, -0.15) is 0 Å². The fourth-order valence-electron chi connectivity index (χ4n) is 1.76. The first-order valence-electron chi connectivity index (χ1n) is 6.32. The predicted molar refractivity (Wildman–Crippen MR) is 74.6 cm³/mol. The van der Waals surface area contributed by atoms with Gasteiger partial charge in [0.1, 0.15) is 0 Å². The summed E-state index contributed by atoms with van der Waals surface area (Å²) in [5.74, 6) is 0. The van der Waals surface area contributed by atoms with Gasteiger partial charge >= 0.3 is 0 Å². The molecule has 0 saturated carbocycles. The van der Waals surface area contributed by atoms with Crippen molar-refractivity contribution in [3.63, 3.8) is 0 Å². The van der Waals surface area contributed by atoms with Crippen molar-refractivity contribution in [1.29, 1.82) is 0 Å². The van der Waals surface area contributed by atoms with E-state index in [0.29, 0.717) is 0 Å². The van der Waals surface area contributed by atoms with E-state index in [0.717, 1.165) is 32.5 Å². The summed E-state index contributed by atoms with van der Waals surface area (Å²) in [6.07, 6.45) is 6.03. The Labute approximate surface area is 107 Å². The largest absolute Gasteiger partial charge is 0.350 e. The van der Waals surface area contributed by atoms with E-state index < -0.39 is 10.8 Å². The van der Waals surface area contributed by atoms with Gasteiger partial charge in [0.05, 0.1) is 0 Å². The Morgan fingerprint density at radius 1 is 1.53 bits per heavy atom. The van der Waals surface area contributed by atoms with Crippen molar-refractivity contribution in [2.75, 3.05) is 12.8 Å². The zero-order valence-electron chi connectivity index (χ0n) is 11.1. The molecule has 2 atom stereocenters. The van der Waals surface area contributed by atoms with Crippen LogP contribution in [0.15, 0.2) is 18.3 Å². The van der Waals surface area contributed by atoms with Crippen molar-refractivity contribution in [3.05, 3.63) is 24.0 Å². The molecule has 1 N–H and O–H groups in total. The number of aryl methyl sites for hydroxylation is 1. The van der Waals surface area contributed by atoms with E-state index in [2.05, 4.69) is 35.1 Å². The molecule has 0 radical (unpaired) electrons. The highest BCUT2D eigenvalue weighted by Gasteiger charge is 2.05. The third kappa shape index (κ3) is 5.04. The van der Waals surface area contributed by atoms with Gasteiger partial charge in [-0.15, -0.1) is 0 Å². The lowest BCUT2D eigenvalue weighted by molar-refractivity contribution is 0.586. The molecule has 0 bridgehead atoms. The quantitative estimate of drug-likeness (QED) is 0.723. The average Bonchev–Trinajstić information content (AvgIpc) is 2.72. The van der Waals surface area contributed by atoms with Gasteiger partial charge in [-0.05, 0) is 31.5 Å². The van der Waals surface area contributed by atoms with Gasteiger partial charge in [0.15, 0.2) is 0 Å². The van der Waals surface area contributed by atoms with Gasteiger partial charge in [-0.3, -0.25) is 4.21 Å². The van der Waals surface area contributed by atoms with Crippen LogP contribution in [-0.4, -0.2) is 26.8 Å². The lowest BCUT2D eigenvalue weighted by Crippen LogP contribution is -2.22. The van der Waals surface area contributed by atoms with Crippen LogP contribution in [0.1, 0.15) is 32.4 Å². The first-order chi connectivity index (χ1) is 8.15. The highest BCUT2D eigenvalue weighted by molar-refractivity contribution is 7.84. The second-order valence-electron chi connectivity index (χ2n) is 4.47. The van der Waals surface area contributed by atoms with Crippen molar-refractivity contribution in [3.8, 4) is 0 Å². The van der Waals surface area contributed by atoms with Crippen LogP contribution in [0.4, 0.5) is 0 Å². The average molecular weight is 256 g/mol. The van der Waals surface area contributed by atoms with Crippen LogP contribution in [-0.2, 0) is 23.9 Å². The third-order valence-corrected chi connectivity index (χ3v) is 4.36. The third-order valence-electron chi connectivity index (χ3n) is 2.99. The molecule has 0 fully saturated rings. The van der Waals surface area contributed by atoms with Crippen LogP contribution < -0.4 is 5.32 Å². The molecule has 4 heteroatoms. The van der Waals surface area contributed by atoms with E-state index in [9.17, 15) is 4.21 Å². The van der Waals surface area contributed by atoms with Crippen LogP contribution in [0.25, 0.3) is 0 Å². The van der Waals surface area contributed by atoms with Crippen molar-refractivity contribution in [2.45, 2.75) is 45.0 Å². The summed E-state index contributed by atoms with van der Waals surface area (Å²) in [6, 6.07) is 4.25. The number of nitrogens with zero attached hydrogens (tertiary/aromatic N) is 1. The van der Waals surface area contributed by atoms with Gasteiger partial charge in [-0.25, -0.2) is 0 Å². The van der Waals surface area contributed by atoms with Crippen molar-refractivity contribution in [2.24, 2.45) is 0 Å². The zero-order valence-corrected chi connectivity index (χ0v) is 11.9. The summed E-state index contributed by atoms with van der Waals surface area (Å²) in [5.41, 5.74) is 1.33. The topological polar surface area (TPSA) is 34.0 Å². The summed E-state index contributed by atoms with van der Waals surface area (Å²) in [5, 5.41) is 3.70. The van der Waals surface area contributed by atoms with E-state index in [1.54, 1.807) is 6.26 Å². The minimum atomic E-state index is -0.703. The Kier molecular flexibility index (Phi) is 6.52. The Morgan fingerprint density at radius 2 is 2.29 bits per heavy atom. The molecular formula is C13H24N2OS. The van der Waals surface area contributed by atoms with Gasteiger partial charge in [0.25, 0.3) is 0 Å². The summed E-state index contributed by atoms with van der Waals surface area (Å²) in [4.78, 5) is 0. The maximum atomic E-state index is 11.2. The van der Waals surface area contributed by atoms with Gasteiger partial charge in [-0.1, -0.05) is 13.8 Å². The van der Waals surface area contributed by atoms with Crippen LogP contribution in [0, 0.1) is 0 Å². The molecule has 1 heterocycles.